The summed E-state index contributed by atoms with van der Waals surface area (Å²) in [6.45, 7) is 9.26. The predicted octanol–water partition coefficient (Wildman–Crippen LogP) is 4.59. The Kier molecular flexibility index (Phi) is 4.89. The Bertz CT molecular complexity index is 242. The van der Waals surface area contributed by atoms with Crippen molar-refractivity contribution in [3.63, 3.8) is 0 Å². The molecule has 16 heavy (non-hydrogen) atoms. The monoisotopic (exact) mass is 223 g/mol. The fraction of sp³-hybridized carbons (Fsp3) is 0.867. The van der Waals surface area contributed by atoms with Crippen LogP contribution < -0.4 is 0 Å². The van der Waals surface area contributed by atoms with Crippen LogP contribution >= 0.6 is 0 Å². The molecule has 0 amide bonds. The molecule has 1 aliphatic heterocycles. The van der Waals surface area contributed by atoms with Crippen LogP contribution in [0, 0.1) is 5.92 Å². The van der Waals surface area contributed by atoms with Crippen molar-refractivity contribution in [2.75, 3.05) is 7.05 Å². The summed E-state index contributed by atoms with van der Waals surface area (Å²) < 4.78 is 0. The minimum atomic E-state index is 0.342. The average molecular weight is 223 g/mol. The largest absolute Gasteiger partial charge is 0.369 e. The number of hydrogen-bond donors (Lipinski definition) is 0. The van der Waals surface area contributed by atoms with E-state index >= 15 is 0 Å². The number of unbranched alkanes of at least 4 members (excludes halogenated alkanes) is 3. The predicted molar refractivity (Wildman–Crippen MR) is 72.5 cm³/mol. The standard InChI is InChI=1S/C15H29N/c1-6-7-8-9-10-14-12-15(4,16(14)5)11-13(2)3/h12-13H,6-11H2,1-5H3. The van der Waals surface area contributed by atoms with Gasteiger partial charge in [-0.3, -0.25) is 0 Å². The summed E-state index contributed by atoms with van der Waals surface area (Å²) in [5, 5.41) is 0. The van der Waals surface area contributed by atoms with E-state index in [1.165, 1.54) is 38.5 Å². The second kappa shape index (κ2) is 5.75. The highest BCUT2D eigenvalue weighted by atomic mass is 15.2. The van der Waals surface area contributed by atoms with Crippen molar-refractivity contribution in [1.82, 2.24) is 4.90 Å². The lowest BCUT2D eigenvalue weighted by Gasteiger charge is -2.49. The minimum absolute atomic E-state index is 0.342. The first-order valence-electron chi connectivity index (χ1n) is 6.95. The molecule has 1 nitrogen and oxygen atoms in total. The fourth-order valence-electron chi connectivity index (χ4n) is 2.81. The molecule has 0 saturated carbocycles. The Hall–Kier alpha value is -0.460. The highest BCUT2D eigenvalue weighted by molar-refractivity contribution is 5.25. The van der Waals surface area contributed by atoms with Crippen molar-refractivity contribution in [1.29, 1.82) is 0 Å². The van der Waals surface area contributed by atoms with E-state index in [0.29, 0.717) is 5.54 Å². The Balaban J connectivity index is 2.33. The molecule has 1 unspecified atom stereocenters. The number of likely N-dealkylation sites (N-methyl/N-ethyl adjacent to an activating group) is 1. The second-order valence-electron chi connectivity index (χ2n) is 5.96. The van der Waals surface area contributed by atoms with Crippen LogP contribution in [-0.2, 0) is 0 Å². The molecule has 0 aliphatic carbocycles. The highest BCUT2D eigenvalue weighted by Crippen LogP contribution is 2.38. The SMILES string of the molecule is CCCCCCC1=CC(C)(CC(C)C)N1C. The van der Waals surface area contributed by atoms with E-state index in [0.717, 1.165) is 5.92 Å². The normalized spacial score (nSPS) is 24.6. The first kappa shape index (κ1) is 13.6. The van der Waals surface area contributed by atoms with Crippen molar-refractivity contribution in [2.24, 2.45) is 5.92 Å². The van der Waals surface area contributed by atoms with Crippen LogP contribution in [0.15, 0.2) is 11.8 Å². The maximum atomic E-state index is 2.50. The van der Waals surface area contributed by atoms with Crippen LogP contribution in [-0.4, -0.2) is 17.5 Å². The highest BCUT2D eigenvalue weighted by Gasteiger charge is 2.36. The molecule has 1 heterocycles. The number of hydrogen-bond acceptors (Lipinski definition) is 1. The lowest BCUT2D eigenvalue weighted by molar-refractivity contribution is 0.147. The summed E-state index contributed by atoms with van der Waals surface area (Å²) in [7, 11) is 2.26. The van der Waals surface area contributed by atoms with E-state index in [-0.39, 0.29) is 0 Å². The molecule has 0 aromatic heterocycles. The second-order valence-corrected chi connectivity index (χ2v) is 5.96. The van der Waals surface area contributed by atoms with Gasteiger partial charge in [0.1, 0.15) is 0 Å². The average Bonchev–Trinajstić information content (AvgIpc) is 2.21. The van der Waals surface area contributed by atoms with Crippen LogP contribution in [0.1, 0.15) is 66.2 Å². The molecule has 94 valence electrons. The zero-order chi connectivity index (χ0) is 12.2. The molecule has 0 bridgehead atoms. The smallest absolute Gasteiger partial charge is 0.0572 e. The van der Waals surface area contributed by atoms with Gasteiger partial charge in [0.05, 0.1) is 5.54 Å². The van der Waals surface area contributed by atoms with Gasteiger partial charge in [-0.1, -0.05) is 40.0 Å². The third kappa shape index (κ3) is 3.26. The quantitative estimate of drug-likeness (QED) is 0.571. The van der Waals surface area contributed by atoms with Gasteiger partial charge in [0.2, 0.25) is 0 Å². The van der Waals surface area contributed by atoms with E-state index in [1.807, 2.05) is 0 Å². The van der Waals surface area contributed by atoms with E-state index in [1.54, 1.807) is 5.70 Å². The molecule has 1 heteroatoms. The van der Waals surface area contributed by atoms with Gasteiger partial charge < -0.3 is 4.90 Å². The third-order valence-electron chi connectivity index (χ3n) is 3.78. The van der Waals surface area contributed by atoms with Crippen LogP contribution in [0.2, 0.25) is 0 Å². The van der Waals surface area contributed by atoms with Gasteiger partial charge in [-0.05, 0) is 38.2 Å². The van der Waals surface area contributed by atoms with E-state index in [4.69, 9.17) is 0 Å². The molecule has 0 fully saturated rings. The molecule has 0 aromatic rings. The zero-order valence-corrected chi connectivity index (χ0v) is 11.8. The van der Waals surface area contributed by atoms with Crippen molar-refractivity contribution in [3.05, 3.63) is 11.8 Å². The first-order chi connectivity index (χ1) is 7.49. The molecule has 0 aromatic carbocycles. The topological polar surface area (TPSA) is 3.24 Å². The van der Waals surface area contributed by atoms with Crippen molar-refractivity contribution < 1.29 is 0 Å². The summed E-state index contributed by atoms with van der Waals surface area (Å²) in [5.74, 6) is 0.783. The summed E-state index contributed by atoms with van der Waals surface area (Å²) in [5.41, 5.74) is 1.91. The molecule has 1 rings (SSSR count). The third-order valence-corrected chi connectivity index (χ3v) is 3.78. The molecular formula is C15H29N. The maximum Gasteiger partial charge on any atom is 0.0572 e. The Labute approximate surface area is 102 Å². The van der Waals surface area contributed by atoms with Crippen LogP contribution in [0.5, 0.6) is 0 Å². The molecule has 0 spiro atoms. The lowest BCUT2D eigenvalue weighted by atomic mass is 9.81. The number of allylic oxidation sites excluding steroid dienone is 1. The van der Waals surface area contributed by atoms with Crippen molar-refractivity contribution >= 4 is 0 Å². The van der Waals surface area contributed by atoms with E-state index in [2.05, 4.69) is 45.7 Å². The minimum Gasteiger partial charge on any atom is -0.369 e. The zero-order valence-electron chi connectivity index (χ0n) is 11.8. The van der Waals surface area contributed by atoms with Crippen LogP contribution in [0.4, 0.5) is 0 Å². The summed E-state index contributed by atoms with van der Waals surface area (Å²) in [6.07, 6.45) is 10.5. The maximum absolute atomic E-state index is 2.50. The van der Waals surface area contributed by atoms with Crippen LogP contribution in [0.25, 0.3) is 0 Å². The van der Waals surface area contributed by atoms with Crippen molar-refractivity contribution in [2.45, 2.75) is 71.8 Å². The first-order valence-corrected chi connectivity index (χ1v) is 6.95. The number of nitrogens with zero attached hydrogens (tertiary/aromatic N) is 1. The molecule has 0 saturated heterocycles. The molecule has 0 radical (unpaired) electrons. The van der Waals surface area contributed by atoms with Crippen LogP contribution in [0.3, 0.4) is 0 Å². The Morgan fingerprint density at radius 1 is 1.25 bits per heavy atom. The van der Waals surface area contributed by atoms with Gasteiger partial charge in [0, 0.05) is 12.7 Å². The molecular weight excluding hydrogens is 194 g/mol. The summed E-state index contributed by atoms with van der Waals surface area (Å²) in [4.78, 5) is 2.50. The van der Waals surface area contributed by atoms with Crippen molar-refractivity contribution in [3.8, 4) is 0 Å². The lowest BCUT2D eigenvalue weighted by Crippen LogP contribution is -2.50. The summed E-state index contributed by atoms with van der Waals surface area (Å²) in [6, 6.07) is 0. The molecule has 1 atom stereocenters. The Morgan fingerprint density at radius 3 is 2.44 bits per heavy atom. The van der Waals surface area contributed by atoms with Gasteiger partial charge in [-0.25, -0.2) is 0 Å². The van der Waals surface area contributed by atoms with Gasteiger partial charge in [0.15, 0.2) is 0 Å². The molecule has 0 N–H and O–H groups in total. The fourth-order valence-corrected chi connectivity index (χ4v) is 2.81. The van der Waals surface area contributed by atoms with E-state index < -0.39 is 0 Å². The van der Waals surface area contributed by atoms with Gasteiger partial charge in [0.25, 0.3) is 0 Å². The van der Waals surface area contributed by atoms with Gasteiger partial charge in [-0.2, -0.15) is 0 Å². The summed E-state index contributed by atoms with van der Waals surface area (Å²) >= 11 is 0. The Morgan fingerprint density at radius 2 is 1.94 bits per heavy atom. The van der Waals surface area contributed by atoms with E-state index in [9.17, 15) is 0 Å². The van der Waals surface area contributed by atoms with Gasteiger partial charge in [-0.15, -0.1) is 0 Å². The number of rotatable bonds is 7. The molecule has 1 aliphatic rings. The van der Waals surface area contributed by atoms with Gasteiger partial charge >= 0.3 is 0 Å².